The predicted octanol–water partition coefficient (Wildman–Crippen LogP) is 2.73. The van der Waals surface area contributed by atoms with Crippen LogP contribution in [0.25, 0.3) is 0 Å². The summed E-state index contributed by atoms with van der Waals surface area (Å²) in [6, 6.07) is 12.0. The Morgan fingerprint density at radius 1 is 1.10 bits per heavy atom. The Kier molecular flexibility index (Phi) is 3.94. The van der Waals surface area contributed by atoms with Gasteiger partial charge in [-0.2, -0.15) is 0 Å². The van der Waals surface area contributed by atoms with E-state index in [1.807, 2.05) is 43.1 Å². The fraction of sp³-hybridized carbons (Fsp3) is 0.188. The van der Waals surface area contributed by atoms with Gasteiger partial charge < -0.3 is 15.1 Å². The number of phenols is 2. The van der Waals surface area contributed by atoms with Crippen LogP contribution in [0.4, 0.5) is 5.69 Å². The van der Waals surface area contributed by atoms with Gasteiger partial charge in [-0.05, 0) is 42.8 Å². The molecule has 0 heterocycles. The predicted molar refractivity (Wildman–Crippen MR) is 78.6 cm³/mol. The van der Waals surface area contributed by atoms with E-state index < -0.39 is 0 Å². The number of anilines is 1. The standard InChI is InChI=1S/C16H17NO3/c1-11-4-3-5-13(8-11)17(2)10-16(20)12-6-7-14(18)15(19)9-12/h3-9,18-19H,10H2,1-2H3. The third-order valence-electron chi connectivity index (χ3n) is 3.12. The number of carbonyl (C=O) groups is 1. The lowest BCUT2D eigenvalue weighted by atomic mass is 10.1. The molecule has 0 spiro atoms. The minimum absolute atomic E-state index is 0.121. The van der Waals surface area contributed by atoms with Gasteiger partial charge in [-0.15, -0.1) is 0 Å². The molecular weight excluding hydrogens is 254 g/mol. The highest BCUT2D eigenvalue weighted by Crippen LogP contribution is 2.25. The van der Waals surface area contributed by atoms with Gasteiger partial charge in [-0.1, -0.05) is 12.1 Å². The Labute approximate surface area is 117 Å². The lowest BCUT2D eigenvalue weighted by molar-refractivity contribution is 0.1000. The first-order chi connectivity index (χ1) is 9.47. The average Bonchev–Trinajstić information content (AvgIpc) is 2.41. The summed E-state index contributed by atoms with van der Waals surface area (Å²) in [7, 11) is 1.84. The van der Waals surface area contributed by atoms with Gasteiger partial charge in [-0.25, -0.2) is 0 Å². The number of nitrogens with zero attached hydrogens (tertiary/aromatic N) is 1. The fourth-order valence-corrected chi connectivity index (χ4v) is 1.96. The highest BCUT2D eigenvalue weighted by atomic mass is 16.3. The van der Waals surface area contributed by atoms with Crippen molar-refractivity contribution in [1.82, 2.24) is 0 Å². The van der Waals surface area contributed by atoms with Crippen LogP contribution in [0.1, 0.15) is 15.9 Å². The van der Waals surface area contributed by atoms with Gasteiger partial charge in [0.1, 0.15) is 0 Å². The maximum Gasteiger partial charge on any atom is 0.182 e. The molecular formula is C16H17NO3. The Morgan fingerprint density at radius 3 is 2.50 bits per heavy atom. The molecule has 0 aliphatic heterocycles. The lowest BCUT2D eigenvalue weighted by Gasteiger charge is -2.19. The summed E-state index contributed by atoms with van der Waals surface area (Å²) >= 11 is 0. The van der Waals surface area contributed by atoms with Crippen LogP contribution < -0.4 is 4.90 Å². The second-order valence-electron chi connectivity index (χ2n) is 4.82. The topological polar surface area (TPSA) is 60.8 Å². The van der Waals surface area contributed by atoms with Crippen LogP contribution in [-0.2, 0) is 0 Å². The quantitative estimate of drug-likeness (QED) is 0.663. The molecule has 0 aliphatic carbocycles. The number of phenolic OH excluding ortho intramolecular Hbond substituents is 2. The summed E-state index contributed by atoms with van der Waals surface area (Å²) in [5.74, 6) is -0.632. The molecule has 0 unspecified atom stereocenters. The number of ketones is 1. The van der Waals surface area contributed by atoms with Crippen molar-refractivity contribution < 1.29 is 15.0 Å². The van der Waals surface area contributed by atoms with Gasteiger partial charge in [0.15, 0.2) is 17.3 Å². The summed E-state index contributed by atoms with van der Waals surface area (Å²) in [4.78, 5) is 14.0. The smallest absolute Gasteiger partial charge is 0.182 e. The van der Waals surface area contributed by atoms with Gasteiger partial charge in [0.05, 0.1) is 6.54 Å². The van der Waals surface area contributed by atoms with E-state index in [0.29, 0.717) is 5.56 Å². The number of benzene rings is 2. The van der Waals surface area contributed by atoms with Crippen LogP contribution in [0.5, 0.6) is 11.5 Å². The molecule has 4 heteroatoms. The molecule has 0 aromatic heterocycles. The van der Waals surface area contributed by atoms with Gasteiger partial charge >= 0.3 is 0 Å². The molecule has 4 nitrogen and oxygen atoms in total. The van der Waals surface area contributed by atoms with Crippen molar-refractivity contribution in [3.05, 3.63) is 53.6 Å². The molecule has 104 valence electrons. The zero-order valence-electron chi connectivity index (χ0n) is 11.5. The van der Waals surface area contributed by atoms with Crippen LogP contribution in [0.3, 0.4) is 0 Å². The number of Topliss-reactive ketones (excluding diaryl/α,β-unsaturated/α-hetero) is 1. The van der Waals surface area contributed by atoms with E-state index in [2.05, 4.69) is 0 Å². The van der Waals surface area contributed by atoms with Crippen molar-refractivity contribution in [3.8, 4) is 11.5 Å². The van der Waals surface area contributed by atoms with E-state index in [0.717, 1.165) is 11.3 Å². The first-order valence-electron chi connectivity index (χ1n) is 6.30. The first kappa shape index (κ1) is 13.9. The average molecular weight is 271 g/mol. The van der Waals surface area contributed by atoms with Crippen LogP contribution in [0, 0.1) is 6.92 Å². The molecule has 20 heavy (non-hydrogen) atoms. The minimum Gasteiger partial charge on any atom is -0.504 e. The summed E-state index contributed by atoms with van der Waals surface area (Å²) in [5.41, 5.74) is 2.46. The number of hydrogen-bond acceptors (Lipinski definition) is 4. The summed E-state index contributed by atoms with van der Waals surface area (Å²) in [5, 5.41) is 18.7. The largest absolute Gasteiger partial charge is 0.504 e. The second kappa shape index (κ2) is 5.65. The van der Waals surface area contributed by atoms with Crippen molar-refractivity contribution in [1.29, 1.82) is 0 Å². The molecule has 0 amide bonds. The second-order valence-corrected chi connectivity index (χ2v) is 4.82. The Morgan fingerprint density at radius 2 is 1.85 bits per heavy atom. The number of likely N-dealkylation sites (N-methyl/N-ethyl adjacent to an activating group) is 1. The van der Waals surface area contributed by atoms with Gasteiger partial charge in [0, 0.05) is 18.3 Å². The molecule has 2 aromatic rings. The Bertz CT molecular complexity index is 637. The van der Waals surface area contributed by atoms with Gasteiger partial charge in [-0.3, -0.25) is 4.79 Å². The van der Waals surface area contributed by atoms with E-state index in [9.17, 15) is 15.0 Å². The lowest BCUT2D eigenvalue weighted by Crippen LogP contribution is -2.25. The molecule has 0 saturated carbocycles. The first-order valence-corrected chi connectivity index (χ1v) is 6.30. The van der Waals surface area contributed by atoms with Crippen LogP contribution >= 0.6 is 0 Å². The highest BCUT2D eigenvalue weighted by Gasteiger charge is 2.12. The van der Waals surface area contributed by atoms with Crippen molar-refractivity contribution in [2.75, 3.05) is 18.5 Å². The molecule has 0 bridgehead atoms. The molecule has 2 aromatic carbocycles. The summed E-state index contributed by atoms with van der Waals surface area (Å²) < 4.78 is 0. The zero-order valence-corrected chi connectivity index (χ0v) is 11.5. The maximum atomic E-state index is 12.1. The van der Waals surface area contributed by atoms with E-state index in [1.54, 1.807) is 0 Å². The van der Waals surface area contributed by atoms with Crippen molar-refractivity contribution in [3.63, 3.8) is 0 Å². The summed E-state index contributed by atoms with van der Waals surface area (Å²) in [6.45, 7) is 2.20. The Hall–Kier alpha value is -2.49. The van der Waals surface area contributed by atoms with E-state index in [4.69, 9.17) is 0 Å². The molecule has 0 saturated heterocycles. The molecule has 0 aliphatic rings. The van der Waals surface area contributed by atoms with Crippen LogP contribution in [-0.4, -0.2) is 29.6 Å². The van der Waals surface area contributed by atoms with Crippen molar-refractivity contribution >= 4 is 11.5 Å². The number of aromatic hydroxyl groups is 2. The normalized spacial score (nSPS) is 10.3. The molecule has 2 rings (SSSR count). The van der Waals surface area contributed by atoms with Crippen molar-refractivity contribution in [2.24, 2.45) is 0 Å². The SMILES string of the molecule is Cc1cccc(N(C)CC(=O)c2ccc(O)c(O)c2)c1. The number of carbonyl (C=O) groups excluding carboxylic acids is 1. The van der Waals surface area contributed by atoms with Crippen LogP contribution in [0.2, 0.25) is 0 Å². The van der Waals surface area contributed by atoms with Crippen molar-refractivity contribution in [2.45, 2.75) is 6.92 Å². The molecule has 0 atom stereocenters. The van der Waals surface area contributed by atoms with Gasteiger partial charge in [0.2, 0.25) is 0 Å². The molecule has 0 radical (unpaired) electrons. The van der Waals surface area contributed by atoms with Gasteiger partial charge in [0.25, 0.3) is 0 Å². The molecule has 0 fully saturated rings. The molecule has 2 N–H and O–H groups in total. The number of aryl methyl sites for hydroxylation is 1. The zero-order chi connectivity index (χ0) is 14.7. The Balaban J connectivity index is 2.13. The maximum absolute atomic E-state index is 12.1. The van der Waals surface area contributed by atoms with E-state index in [-0.39, 0.29) is 23.8 Å². The summed E-state index contributed by atoms with van der Waals surface area (Å²) in [6.07, 6.45) is 0. The monoisotopic (exact) mass is 271 g/mol. The van der Waals surface area contributed by atoms with Crippen LogP contribution in [0.15, 0.2) is 42.5 Å². The van der Waals surface area contributed by atoms with E-state index in [1.165, 1.54) is 18.2 Å². The number of rotatable bonds is 4. The third-order valence-corrected chi connectivity index (χ3v) is 3.12. The minimum atomic E-state index is -0.283. The van der Waals surface area contributed by atoms with E-state index >= 15 is 0 Å². The number of hydrogen-bond donors (Lipinski definition) is 2. The fourth-order valence-electron chi connectivity index (χ4n) is 1.96. The third kappa shape index (κ3) is 3.09. The highest BCUT2D eigenvalue weighted by molar-refractivity contribution is 5.99.